The van der Waals surface area contributed by atoms with Gasteiger partial charge in [0.05, 0.1) is 12.3 Å². The van der Waals surface area contributed by atoms with Crippen LogP contribution in [0, 0.1) is 5.82 Å². The Kier molecular flexibility index (Phi) is 6.96. The molecule has 0 atom stereocenters. The van der Waals surface area contributed by atoms with Crippen LogP contribution in [0.15, 0.2) is 53.7 Å². The quantitative estimate of drug-likeness (QED) is 0.411. The van der Waals surface area contributed by atoms with Crippen molar-refractivity contribution in [2.75, 3.05) is 24.2 Å². The van der Waals surface area contributed by atoms with Gasteiger partial charge in [-0.15, -0.1) is 10.2 Å². The van der Waals surface area contributed by atoms with Crippen molar-refractivity contribution in [2.24, 2.45) is 0 Å². The van der Waals surface area contributed by atoms with Gasteiger partial charge in [0, 0.05) is 23.9 Å². The van der Waals surface area contributed by atoms with Crippen LogP contribution in [0.5, 0.6) is 0 Å². The highest BCUT2D eigenvalue weighted by molar-refractivity contribution is 7.99. The zero-order valence-corrected chi connectivity index (χ0v) is 18.6. The predicted octanol–water partition coefficient (Wildman–Crippen LogP) is 3.94. The topological polar surface area (TPSA) is 80.1 Å². The van der Waals surface area contributed by atoms with Crippen LogP contribution in [0.1, 0.15) is 35.9 Å². The van der Waals surface area contributed by atoms with E-state index in [2.05, 4.69) is 20.4 Å². The average Bonchev–Trinajstić information content (AvgIpc) is 3.43. The Bertz CT molecular complexity index is 1090. The molecule has 1 saturated heterocycles. The Morgan fingerprint density at radius 2 is 1.72 bits per heavy atom. The Labute approximate surface area is 190 Å². The molecular formula is C23H24FN5O2S. The number of nitrogens with zero attached hydrogens (tertiary/aromatic N) is 4. The van der Waals surface area contributed by atoms with E-state index < -0.39 is 0 Å². The number of hydrogen-bond donors (Lipinski definition) is 1. The number of ketones is 1. The molecule has 1 N–H and O–H groups in total. The number of Topliss-reactive ketones (excluding diaryl/α,β-unsaturated/α-hetero) is 1. The smallest absolute Gasteiger partial charge is 0.221 e. The van der Waals surface area contributed by atoms with Crippen molar-refractivity contribution in [3.8, 4) is 5.69 Å². The summed E-state index contributed by atoms with van der Waals surface area (Å²) in [6, 6.07) is 13.0. The molecule has 0 spiro atoms. The Hall–Kier alpha value is -3.04. The Morgan fingerprint density at radius 3 is 2.38 bits per heavy atom. The second kappa shape index (κ2) is 10.1. The van der Waals surface area contributed by atoms with Crippen molar-refractivity contribution in [2.45, 2.75) is 31.5 Å². The predicted molar refractivity (Wildman–Crippen MR) is 122 cm³/mol. The molecule has 2 aromatic carbocycles. The summed E-state index contributed by atoms with van der Waals surface area (Å²) >= 11 is 1.30. The molecule has 2 heterocycles. The maximum atomic E-state index is 13.5. The number of rotatable bonds is 8. The number of aromatic nitrogens is 3. The third kappa shape index (κ3) is 5.41. The third-order valence-corrected chi connectivity index (χ3v) is 6.14. The van der Waals surface area contributed by atoms with Crippen LogP contribution >= 0.6 is 11.8 Å². The summed E-state index contributed by atoms with van der Waals surface area (Å²) in [5.41, 5.74) is 1.96. The SMILES string of the molecule is CC(=O)Nc1ccc(C(=O)CSc2nnc(CN3CCCC3)n2-c2ccc(F)cc2)cc1. The van der Waals surface area contributed by atoms with Crippen LogP contribution < -0.4 is 5.32 Å². The van der Waals surface area contributed by atoms with Crippen LogP contribution in [0.25, 0.3) is 5.69 Å². The molecular weight excluding hydrogens is 429 g/mol. The van der Waals surface area contributed by atoms with E-state index in [-0.39, 0.29) is 23.3 Å². The summed E-state index contributed by atoms with van der Waals surface area (Å²) in [6.07, 6.45) is 2.34. The Balaban J connectivity index is 1.51. The molecule has 1 fully saturated rings. The lowest BCUT2D eigenvalue weighted by atomic mass is 10.1. The first kappa shape index (κ1) is 22.2. The summed E-state index contributed by atoms with van der Waals surface area (Å²) in [6.45, 7) is 4.13. The van der Waals surface area contributed by atoms with Crippen molar-refractivity contribution in [1.29, 1.82) is 0 Å². The minimum absolute atomic E-state index is 0.0564. The first-order valence-electron chi connectivity index (χ1n) is 10.5. The number of benzene rings is 2. The molecule has 1 amide bonds. The summed E-state index contributed by atoms with van der Waals surface area (Å²) in [4.78, 5) is 26.2. The van der Waals surface area contributed by atoms with Crippen molar-refractivity contribution in [1.82, 2.24) is 19.7 Å². The fourth-order valence-electron chi connectivity index (χ4n) is 3.64. The van der Waals surface area contributed by atoms with E-state index in [0.29, 0.717) is 23.0 Å². The number of amides is 1. The fraction of sp³-hybridized carbons (Fsp3) is 0.304. The van der Waals surface area contributed by atoms with Crippen molar-refractivity contribution in [3.63, 3.8) is 0 Å². The van der Waals surface area contributed by atoms with Crippen LogP contribution in [-0.2, 0) is 11.3 Å². The van der Waals surface area contributed by atoms with Gasteiger partial charge in [0.25, 0.3) is 0 Å². The minimum atomic E-state index is -0.310. The van der Waals surface area contributed by atoms with Crippen LogP contribution in [-0.4, -0.2) is 50.2 Å². The molecule has 166 valence electrons. The van der Waals surface area contributed by atoms with Gasteiger partial charge in [0.15, 0.2) is 16.8 Å². The van der Waals surface area contributed by atoms with Gasteiger partial charge in [-0.3, -0.25) is 19.1 Å². The van der Waals surface area contributed by atoms with Gasteiger partial charge in [-0.2, -0.15) is 0 Å². The molecule has 1 aliphatic rings. The molecule has 7 nitrogen and oxygen atoms in total. The van der Waals surface area contributed by atoms with Gasteiger partial charge in [-0.25, -0.2) is 4.39 Å². The highest BCUT2D eigenvalue weighted by atomic mass is 32.2. The fourth-order valence-corrected chi connectivity index (χ4v) is 4.51. The lowest BCUT2D eigenvalue weighted by molar-refractivity contribution is -0.114. The van der Waals surface area contributed by atoms with E-state index in [4.69, 9.17) is 0 Å². The molecule has 0 saturated carbocycles. The number of nitrogens with one attached hydrogen (secondary N) is 1. The van der Waals surface area contributed by atoms with Gasteiger partial charge in [-0.1, -0.05) is 11.8 Å². The van der Waals surface area contributed by atoms with Gasteiger partial charge >= 0.3 is 0 Å². The maximum absolute atomic E-state index is 13.5. The zero-order valence-electron chi connectivity index (χ0n) is 17.8. The average molecular weight is 454 g/mol. The first-order valence-corrected chi connectivity index (χ1v) is 11.4. The van der Waals surface area contributed by atoms with E-state index >= 15 is 0 Å². The molecule has 32 heavy (non-hydrogen) atoms. The molecule has 0 radical (unpaired) electrons. The number of halogens is 1. The van der Waals surface area contributed by atoms with Crippen molar-refractivity contribution >= 4 is 29.1 Å². The molecule has 3 aromatic rings. The van der Waals surface area contributed by atoms with Crippen LogP contribution in [0.4, 0.5) is 10.1 Å². The van der Waals surface area contributed by atoms with Gasteiger partial charge in [-0.05, 0) is 74.5 Å². The molecule has 0 bridgehead atoms. The largest absolute Gasteiger partial charge is 0.326 e. The summed E-state index contributed by atoms with van der Waals surface area (Å²) in [5.74, 6) is 0.425. The number of carbonyl (C=O) groups excluding carboxylic acids is 2. The number of likely N-dealkylation sites (tertiary alicyclic amines) is 1. The van der Waals surface area contributed by atoms with Crippen molar-refractivity contribution in [3.05, 3.63) is 65.7 Å². The molecule has 1 aromatic heterocycles. The van der Waals surface area contributed by atoms with E-state index in [1.54, 1.807) is 36.4 Å². The van der Waals surface area contributed by atoms with E-state index in [9.17, 15) is 14.0 Å². The minimum Gasteiger partial charge on any atom is -0.326 e. The number of thioether (sulfide) groups is 1. The second-order valence-electron chi connectivity index (χ2n) is 7.66. The van der Waals surface area contributed by atoms with Gasteiger partial charge in [0.2, 0.25) is 5.91 Å². The highest BCUT2D eigenvalue weighted by Crippen LogP contribution is 2.25. The lowest BCUT2D eigenvalue weighted by Crippen LogP contribution is -2.21. The van der Waals surface area contributed by atoms with E-state index in [0.717, 1.165) is 24.6 Å². The number of hydrogen-bond acceptors (Lipinski definition) is 6. The normalized spacial score (nSPS) is 13.9. The molecule has 1 aliphatic heterocycles. The van der Waals surface area contributed by atoms with E-state index in [1.807, 2.05) is 4.57 Å². The summed E-state index contributed by atoms with van der Waals surface area (Å²) < 4.78 is 15.4. The molecule has 9 heteroatoms. The maximum Gasteiger partial charge on any atom is 0.221 e. The monoisotopic (exact) mass is 453 g/mol. The zero-order chi connectivity index (χ0) is 22.5. The lowest BCUT2D eigenvalue weighted by Gasteiger charge is -2.16. The standard InChI is InChI=1S/C23H24FN5O2S/c1-16(30)25-19-8-4-17(5-9-19)21(31)15-32-23-27-26-22(14-28-12-2-3-13-28)29(23)20-10-6-18(24)7-11-20/h4-11H,2-3,12-15H2,1H3,(H,25,30). The highest BCUT2D eigenvalue weighted by Gasteiger charge is 2.20. The first-order chi connectivity index (χ1) is 15.5. The van der Waals surface area contributed by atoms with Crippen molar-refractivity contribution < 1.29 is 14.0 Å². The van der Waals surface area contributed by atoms with Gasteiger partial charge < -0.3 is 5.32 Å². The Morgan fingerprint density at radius 1 is 1.03 bits per heavy atom. The van der Waals surface area contributed by atoms with Gasteiger partial charge in [0.1, 0.15) is 5.82 Å². The summed E-state index contributed by atoms with van der Waals surface area (Å²) in [7, 11) is 0. The molecule has 0 unspecified atom stereocenters. The van der Waals surface area contributed by atoms with E-state index in [1.165, 1.54) is 43.7 Å². The summed E-state index contributed by atoms with van der Waals surface area (Å²) in [5, 5.41) is 12.0. The number of anilines is 1. The molecule has 0 aliphatic carbocycles. The number of carbonyl (C=O) groups is 2. The van der Waals surface area contributed by atoms with Crippen LogP contribution in [0.3, 0.4) is 0 Å². The second-order valence-corrected chi connectivity index (χ2v) is 8.61. The molecule has 4 rings (SSSR count). The van der Waals surface area contributed by atoms with Crippen LogP contribution in [0.2, 0.25) is 0 Å². The third-order valence-electron chi connectivity index (χ3n) is 5.21.